The summed E-state index contributed by atoms with van der Waals surface area (Å²) in [7, 11) is 0. The molecule has 2 nitrogen and oxygen atoms in total. The molecule has 0 aromatic rings. The zero-order valence-corrected chi connectivity index (χ0v) is 6.75. The van der Waals surface area contributed by atoms with Crippen molar-refractivity contribution in [2.75, 3.05) is 0 Å². The summed E-state index contributed by atoms with van der Waals surface area (Å²) in [5, 5.41) is 8.61. The van der Waals surface area contributed by atoms with Crippen molar-refractivity contribution in [1.29, 1.82) is 0 Å². The van der Waals surface area contributed by atoms with E-state index in [1.165, 1.54) is 0 Å². The highest BCUT2D eigenvalue weighted by Gasteiger charge is 1.90. The van der Waals surface area contributed by atoms with Crippen LogP contribution in [0.15, 0.2) is 12.2 Å². The molecule has 0 aromatic heterocycles. The molecule has 0 aromatic carbocycles. The lowest BCUT2D eigenvalue weighted by Crippen LogP contribution is -2.14. The number of nitrogens with two attached hydrogens (primary N) is 1. The Hall–Kier alpha value is -0.340. The van der Waals surface area contributed by atoms with Crippen molar-refractivity contribution in [3.63, 3.8) is 0 Å². The van der Waals surface area contributed by atoms with Crippen LogP contribution in [0.4, 0.5) is 0 Å². The molecule has 10 heavy (non-hydrogen) atoms. The molecule has 0 rings (SSSR count). The highest BCUT2D eigenvalue weighted by Crippen LogP contribution is 2.03. The Kier molecular flexibility index (Phi) is 5.26. The molecule has 0 spiro atoms. The molecule has 1 atom stereocenters. The standard InChI is InChI=1S/C8H17NO/c1-7(2)5-3-4-6-8(9)10/h4,6-8,10H,3,5,9H2,1-2H3. The molecule has 0 aliphatic rings. The van der Waals surface area contributed by atoms with E-state index in [9.17, 15) is 0 Å². The second-order valence-corrected chi connectivity index (χ2v) is 2.89. The summed E-state index contributed by atoms with van der Waals surface area (Å²) in [4.78, 5) is 0. The number of aliphatic hydroxyl groups is 1. The van der Waals surface area contributed by atoms with Crippen LogP contribution in [0.2, 0.25) is 0 Å². The zero-order chi connectivity index (χ0) is 7.98. The van der Waals surface area contributed by atoms with Crippen LogP contribution in [0.5, 0.6) is 0 Å². The van der Waals surface area contributed by atoms with Gasteiger partial charge in [-0.1, -0.05) is 19.9 Å². The van der Waals surface area contributed by atoms with Gasteiger partial charge < -0.3 is 10.8 Å². The SMILES string of the molecule is CC(C)CCC=CC(N)O. The topological polar surface area (TPSA) is 46.2 Å². The molecular weight excluding hydrogens is 126 g/mol. The number of hydrogen-bond donors (Lipinski definition) is 2. The van der Waals surface area contributed by atoms with E-state index in [1.54, 1.807) is 6.08 Å². The van der Waals surface area contributed by atoms with Gasteiger partial charge in [-0.05, 0) is 24.8 Å². The van der Waals surface area contributed by atoms with E-state index in [0.29, 0.717) is 0 Å². The van der Waals surface area contributed by atoms with Crippen molar-refractivity contribution in [3.8, 4) is 0 Å². The average molecular weight is 143 g/mol. The van der Waals surface area contributed by atoms with Gasteiger partial charge in [0.1, 0.15) is 6.23 Å². The van der Waals surface area contributed by atoms with E-state index in [0.717, 1.165) is 18.8 Å². The molecule has 0 amide bonds. The molecular formula is C8H17NO. The van der Waals surface area contributed by atoms with Gasteiger partial charge in [0.05, 0.1) is 0 Å². The van der Waals surface area contributed by atoms with Gasteiger partial charge in [-0.3, -0.25) is 0 Å². The Bertz CT molecular complexity index is 97.4. The number of hydrogen-bond acceptors (Lipinski definition) is 2. The van der Waals surface area contributed by atoms with Crippen LogP contribution in [0.25, 0.3) is 0 Å². The minimum absolute atomic E-state index is 0.722. The van der Waals surface area contributed by atoms with Gasteiger partial charge in [-0.2, -0.15) is 0 Å². The molecule has 0 radical (unpaired) electrons. The van der Waals surface area contributed by atoms with Crippen molar-refractivity contribution >= 4 is 0 Å². The summed E-state index contributed by atoms with van der Waals surface area (Å²) in [5.74, 6) is 0.722. The maximum absolute atomic E-state index is 8.61. The molecule has 0 saturated carbocycles. The summed E-state index contributed by atoms with van der Waals surface area (Å²) in [5.41, 5.74) is 5.08. The third-order valence-electron chi connectivity index (χ3n) is 1.24. The monoisotopic (exact) mass is 143 g/mol. The minimum Gasteiger partial charge on any atom is -0.375 e. The lowest BCUT2D eigenvalue weighted by Gasteiger charge is -1.99. The number of rotatable bonds is 4. The summed E-state index contributed by atoms with van der Waals surface area (Å²) >= 11 is 0. The Morgan fingerprint density at radius 3 is 2.50 bits per heavy atom. The van der Waals surface area contributed by atoms with E-state index in [4.69, 9.17) is 10.8 Å². The zero-order valence-electron chi connectivity index (χ0n) is 6.75. The largest absolute Gasteiger partial charge is 0.375 e. The van der Waals surface area contributed by atoms with Crippen molar-refractivity contribution in [2.45, 2.75) is 32.9 Å². The van der Waals surface area contributed by atoms with Crippen LogP contribution in [-0.4, -0.2) is 11.3 Å². The third kappa shape index (κ3) is 7.66. The second kappa shape index (κ2) is 5.45. The fraction of sp³-hybridized carbons (Fsp3) is 0.750. The first-order chi connectivity index (χ1) is 4.63. The first kappa shape index (κ1) is 9.66. The van der Waals surface area contributed by atoms with Crippen molar-refractivity contribution in [3.05, 3.63) is 12.2 Å². The van der Waals surface area contributed by atoms with Crippen LogP contribution in [0, 0.1) is 5.92 Å². The summed E-state index contributed by atoms with van der Waals surface area (Å²) in [6, 6.07) is 0. The van der Waals surface area contributed by atoms with Crippen LogP contribution < -0.4 is 5.73 Å². The molecule has 0 aliphatic carbocycles. The minimum atomic E-state index is -0.785. The van der Waals surface area contributed by atoms with Gasteiger partial charge in [-0.15, -0.1) is 0 Å². The molecule has 2 heteroatoms. The Morgan fingerprint density at radius 2 is 2.10 bits per heavy atom. The molecule has 0 saturated heterocycles. The van der Waals surface area contributed by atoms with E-state index in [2.05, 4.69) is 13.8 Å². The summed E-state index contributed by atoms with van der Waals surface area (Å²) in [6.45, 7) is 4.35. The Labute approximate surface area is 62.7 Å². The van der Waals surface area contributed by atoms with Crippen molar-refractivity contribution < 1.29 is 5.11 Å². The van der Waals surface area contributed by atoms with Gasteiger partial charge in [0, 0.05) is 0 Å². The predicted molar refractivity (Wildman–Crippen MR) is 43.4 cm³/mol. The maximum Gasteiger partial charge on any atom is 0.121 e. The summed E-state index contributed by atoms with van der Waals surface area (Å²) in [6.07, 6.45) is 4.91. The van der Waals surface area contributed by atoms with Gasteiger partial charge >= 0.3 is 0 Å². The normalized spacial score (nSPS) is 14.9. The number of allylic oxidation sites excluding steroid dienone is 1. The Morgan fingerprint density at radius 1 is 1.50 bits per heavy atom. The van der Waals surface area contributed by atoms with Crippen LogP contribution in [0.3, 0.4) is 0 Å². The van der Waals surface area contributed by atoms with E-state index in [1.807, 2.05) is 6.08 Å². The maximum atomic E-state index is 8.61. The van der Waals surface area contributed by atoms with Gasteiger partial charge in [0.2, 0.25) is 0 Å². The highest BCUT2D eigenvalue weighted by atomic mass is 16.3. The van der Waals surface area contributed by atoms with Gasteiger partial charge in [0.25, 0.3) is 0 Å². The van der Waals surface area contributed by atoms with Crippen molar-refractivity contribution in [2.24, 2.45) is 11.7 Å². The lowest BCUT2D eigenvalue weighted by atomic mass is 10.1. The van der Waals surface area contributed by atoms with Crippen LogP contribution in [-0.2, 0) is 0 Å². The first-order valence-electron chi connectivity index (χ1n) is 3.73. The lowest BCUT2D eigenvalue weighted by molar-refractivity contribution is 0.231. The molecule has 0 heterocycles. The highest BCUT2D eigenvalue weighted by molar-refractivity contribution is 4.85. The molecule has 60 valence electrons. The first-order valence-corrected chi connectivity index (χ1v) is 3.73. The molecule has 0 bridgehead atoms. The van der Waals surface area contributed by atoms with Gasteiger partial charge in [0.15, 0.2) is 0 Å². The fourth-order valence-electron chi connectivity index (χ4n) is 0.665. The van der Waals surface area contributed by atoms with Gasteiger partial charge in [-0.25, -0.2) is 0 Å². The second-order valence-electron chi connectivity index (χ2n) is 2.89. The van der Waals surface area contributed by atoms with Crippen LogP contribution in [0.1, 0.15) is 26.7 Å². The number of aliphatic hydroxyl groups excluding tert-OH is 1. The Balaban J connectivity index is 3.19. The molecule has 0 fully saturated rings. The fourth-order valence-corrected chi connectivity index (χ4v) is 0.665. The van der Waals surface area contributed by atoms with Crippen molar-refractivity contribution in [1.82, 2.24) is 0 Å². The van der Waals surface area contributed by atoms with E-state index < -0.39 is 6.23 Å². The average Bonchev–Trinajstić information content (AvgIpc) is 1.79. The molecule has 3 N–H and O–H groups in total. The predicted octanol–water partition coefficient (Wildman–Crippen LogP) is 1.26. The van der Waals surface area contributed by atoms with E-state index in [-0.39, 0.29) is 0 Å². The molecule has 0 aliphatic heterocycles. The third-order valence-corrected chi connectivity index (χ3v) is 1.24. The smallest absolute Gasteiger partial charge is 0.121 e. The quantitative estimate of drug-likeness (QED) is 0.459. The summed E-state index contributed by atoms with van der Waals surface area (Å²) < 4.78 is 0. The molecule has 1 unspecified atom stereocenters. The van der Waals surface area contributed by atoms with E-state index >= 15 is 0 Å². The van der Waals surface area contributed by atoms with Crippen LogP contribution >= 0.6 is 0 Å².